The molecule has 2 heterocycles. The van der Waals surface area contributed by atoms with Crippen LogP contribution in [0.1, 0.15) is 10.4 Å². The Kier molecular flexibility index (Phi) is 5.10. The molecule has 4 rings (SSSR count). The molecule has 4 aromatic rings. The monoisotopic (exact) mass is 414 g/mol. The number of carbonyl (C=O) groups is 1. The molecular formula is C18H11ClN4O2S2. The maximum Gasteiger partial charge on any atom is 0.278 e. The first-order valence-electron chi connectivity index (χ1n) is 7.76. The summed E-state index contributed by atoms with van der Waals surface area (Å²) >= 11 is 8.74. The van der Waals surface area contributed by atoms with Crippen LogP contribution in [0.2, 0.25) is 5.02 Å². The summed E-state index contributed by atoms with van der Waals surface area (Å²) in [5, 5.41) is 6.29. The van der Waals surface area contributed by atoms with Crippen molar-refractivity contribution in [1.82, 2.24) is 14.3 Å². The maximum absolute atomic E-state index is 12.4. The molecule has 27 heavy (non-hydrogen) atoms. The lowest BCUT2D eigenvalue weighted by Gasteiger charge is -2.04. The molecule has 134 valence electrons. The average Bonchev–Trinajstić information content (AvgIpc) is 3.35. The van der Waals surface area contributed by atoms with Gasteiger partial charge in [-0.15, -0.1) is 0 Å². The highest BCUT2D eigenvalue weighted by Crippen LogP contribution is 2.30. The number of carbonyl (C=O) groups excluding carboxylic acids is 1. The molecule has 0 radical (unpaired) electrons. The van der Waals surface area contributed by atoms with E-state index in [0.29, 0.717) is 26.5 Å². The number of anilines is 1. The molecule has 0 atom stereocenters. The summed E-state index contributed by atoms with van der Waals surface area (Å²) in [5.41, 5.74) is 1.25. The molecule has 0 aliphatic rings. The Morgan fingerprint density at radius 2 is 1.93 bits per heavy atom. The number of rotatable bonds is 5. The minimum atomic E-state index is -0.306. The number of thiazole rings is 1. The highest BCUT2D eigenvalue weighted by atomic mass is 35.5. The number of aromatic nitrogens is 3. The van der Waals surface area contributed by atoms with E-state index in [1.165, 1.54) is 22.9 Å². The van der Waals surface area contributed by atoms with Crippen molar-refractivity contribution in [3.8, 4) is 21.5 Å². The fraction of sp³-hybridized carbons (Fsp3) is 0. The molecule has 0 saturated carbocycles. The number of halogens is 1. The number of nitrogens with one attached hydrogen (secondary N) is 1. The summed E-state index contributed by atoms with van der Waals surface area (Å²) < 4.78 is 9.75. The molecule has 6 nitrogen and oxygen atoms in total. The number of hydrogen-bond acceptors (Lipinski definition) is 7. The van der Waals surface area contributed by atoms with E-state index in [2.05, 4.69) is 19.7 Å². The van der Waals surface area contributed by atoms with Gasteiger partial charge in [-0.05, 0) is 41.9 Å². The number of nitrogens with zero attached hydrogens (tertiary/aromatic N) is 3. The topological polar surface area (TPSA) is 77.0 Å². The Morgan fingerprint density at radius 3 is 2.67 bits per heavy atom. The van der Waals surface area contributed by atoms with E-state index in [-0.39, 0.29) is 11.9 Å². The van der Waals surface area contributed by atoms with Crippen molar-refractivity contribution in [3.63, 3.8) is 0 Å². The van der Waals surface area contributed by atoms with Crippen molar-refractivity contribution < 1.29 is 9.53 Å². The number of benzene rings is 2. The zero-order chi connectivity index (χ0) is 18.6. The molecule has 0 bridgehead atoms. The van der Waals surface area contributed by atoms with E-state index in [4.69, 9.17) is 16.3 Å². The molecule has 1 amide bonds. The summed E-state index contributed by atoms with van der Waals surface area (Å²) in [6, 6.07) is 14.1. The molecule has 0 fully saturated rings. The molecule has 0 unspecified atom stereocenters. The minimum absolute atomic E-state index is 0.239. The van der Waals surface area contributed by atoms with Crippen molar-refractivity contribution in [2.45, 2.75) is 0 Å². The van der Waals surface area contributed by atoms with Crippen LogP contribution < -0.4 is 10.1 Å². The summed E-state index contributed by atoms with van der Waals surface area (Å²) in [4.78, 5) is 20.8. The van der Waals surface area contributed by atoms with Gasteiger partial charge in [-0.1, -0.05) is 41.1 Å². The van der Waals surface area contributed by atoms with Gasteiger partial charge in [0.15, 0.2) is 0 Å². The fourth-order valence-corrected chi connectivity index (χ4v) is 3.68. The third kappa shape index (κ3) is 4.13. The second-order valence-corrected chi connectivity index (χ2v) is 7.30. The first-order valence-corrected chi connectivity index (χ1v) is 9.79. The van der Waals surface area contributed by atoms with Crippen LogP contribution in [0.4, 0.5) is 5.95 Å². The fourth-order valence-electron chi connectivity index (χ4n) is 2.23. The Labute approximate surface area is 167 Å². The molecule has 0 saturated heterocycles. The van der Waals surface area contributed by atoms with E-state index in [0.717, 1.165) is 5.56 Å². The van der Waals surface area contributed by atoms with E-state index in [1.807, 2.05) is 23.6 Å². The molecular weight excluding hydrogens is 404 g/mol. The van der Waals surface area contributed by atoms with Gasteiger partial charge in [0.05, 0.1) is 5.02 Å². The zero-order valence-corrected chi connectivity index (χ0v) is 16.0. The Morgan fingerprint density at radius 1 is 1.11 bits per heavy atom. The first-order chi connectivity index (χ1) is 13.2. The Balaban J connectivity index is 1.44. The molecule has 9 heteroatoms. The smallest absolute Gasteiger partial charge is 0.278 e. The number of amides is 1. The molecule has 0 aliphatic heterocycles. The van der Waals surface area contributed by atoms with Gasteiger partial charge in [-0.25, -0.2) is 4.98 Å². The van der Waals surface area contributed by atoms with Gasteiger partial charge in [0, 0.05) is 22.7 Å². The van der Waals surface area contributed by atoms with E-state index >= 15 is 0 Å². The van der Waals surface area contributed by atoms with Crippen molar-refractivity contribution >= 4 is 46.3 Å². The lowest BCUT2D eigenvalue weighted by Crippen LogP contribution is -2.12. The van der Waals surface area contributed by atoms with E-state index in [1.54, 1.807) is 36.5 Å². The van der Waals surface area contributed by atoms with Crippen molar-refractivity contribution in [2.75, 3.05) is 5.32 Å². The lowest BCUT2D eigenvalue weighted by atomic mass is 10.2. The van der Waals surface area contributed by atoms with Crippen LogP contribution in [-0.4, -0.2) is 20.2 Å². The summed E-state index contributed by atoms with van der Waals surface area (Å²) in [7, 11) is 0. The predicted molar refractivity (Wildman–Crippen MR) is 107 cm³/mol. The second-order valence-electron chi connectivity index (χ2n) is 5.28. The SMILES string of the molecule is O=C(Nc1nsc(-c2ccccc2Cl)n1)c1ccc(Oc2nccs2)cc1. The van der Waals surface area contributed by atoms with E-state index < -0.39 is 0 Å². The van der Waals surface area contributed by atoms with Crippen LogP contribution in [-0.2, 0) is 0 Å². The number of hydrogen-bond donors (Lipinski definition) is 1. The summed E-state index contributed by atoms with van der Waals surface area (Å²) in [5.74, 6) is 0.539. The van der Waals surface area contributed by atoms with Crippen molar-refractivity contribution in [3.05, 3.63) is 70.7 Å². The second kappa shape index (κ2) is 7.83. The van der Waals surface area contributed by atoms with Crippen LogP contribution in [0.5, 0.6) is 10.9 Å². The third-order valence-electron chi connectivity index (χ3n) is 3.49. The highest BCUT2D eigenvalue weighted by molar-refractivity contribution is 7.11. The van der Waals surface area contributed by atoms with Gasteiger partial charge in [-0.3, -0.25) is 10.1 Å². The van der Waals surface area contributed by atoms with Crippen LogP contribution in [0.15, 0.2) is 60.1 Å². The largest absolute Gasteiger partial charge is 0.431 e. The normalized spacial score (nSPS) is 10.6. The van der Waals surface area contributed by atoms with Gasteiger partial charge in [0.2, 0.25) is 5.95 Å². The molecule has 0 aliphatic carbocycles. The zero-order valence-electron chi connectivity index (χ0n) is 13.6. The van der Waals surface area contributed by atoms with E-state index in [9.17, 15) is 4.79 Å². The van der Waals surface area contributed by atoms with Gasteiger partial charge >= 0.3 is 0 Å². The summed E-state index contributed by atoms with van der Waals surface area (Å²) in [6.45, 7) is 0. The molecule has 2 aromatic heterocycles. The third-order valence-corrected chi connectivity index (χ3v) is 5.21. The Hall–Kier alpha value is -2.81. The first kappa shape index (κ1) is 17.6. The van der Waals surface area contributed by atoms with Gasteiger partial charge < -0.3 is 4.74 Å². The summed E-state index contributed by atoms with van der Waals surface area (Å²) in [6.07, 6.45) is 1.67. The molecule has 2 aromatic carbocycles. The number of ether oxygens (including phenoxy) is 1. The average molecular weight is 415 g/mol. The maximum atomic E-state index is 12.4. The van der Waals surface area contributed by atoms with Crippen LogP contribution in [0.3, 0.4) is 0 Å². The van der Waals surface area contributed by atoms with Crippen LogP contribution in [0, 0.1) is 0 Å². The van der Waals surface area contributed by atoms with Crippen LogP contribution in [0.25, 0.3) is 10.6 Å². The highest BCUT2D eigenvalue weighted by Gasteiger charge is 2.13. The van der Waals surface area contributed by atoms with Gasteiger partial charge in [0.1, 0.15) is 10.8 Å². The standard InChI is InChI=1S/C18H11ClN4O2S2/c19-14-4-2-1-3-13(14)16-22-17(23-27-16)21-15(24)11-5-7-12(8-6-11)25-18-20-9-10-26-18/h1-10H,(H,21,23,24). The van der Waals surface area contributed by atoms with Crippen LogP contribution >= 0.6 is 34.5 Å². The van der Waals surface area contributed by atoms with Crippen molar-refractivity contribution in [1.29, 1.82) is 0 Å². The predicted octanol–water partition coefficient (Wildman–Crippen LogP) is 5.36. The van der Waals surface area contributed by atoms with Gasteiger partial charge in [-0.2, -0.15) is 9.36 Å². The lowest BCUT2D eigenvalue weighted by molar-refractivity contribution is 0.102. The van der Waals surface area contributed by atoms with Gasteiger partial charge in [0.25, 0.3) is 11.1 Å². The molecule has 0 spiro atoms. The van der Waals surface area contributed by atoms with Crippen molar-refractivity contribution in [2.24, 2.45) is 0 Å². The minimum Gasteiger partial charge on any atom is -0.431 e. The molecule has 1 N–H and O–H groups in total. The Bertz CT molecular complexity index is 1070. The quantitative estimate of drug-likeness (QED) is 0.475.